The molecule has 0 fully saturated rings. The number of hydrogen-bond acceptors (Lipinski definition) is 2. The summed E-state index contributed by atoms with van der Waals surface area (Å²) in [5.74, 6) is 1.13. The van der Waals surface area contributed by atoms with Gasteiger partial charge in [-0.05, 0) is 18.8 Å². The lowest BCUT2D eigenvalue weighted by atomic mass is 9.80. The minimum atomic E-state index is -4.64. The van der Waals surface area contributed by atoms with Gasteiger partial charge < -0.3 is 20.4 Å². The highest BCUT2D eigenvalue weighted by molar-refractivity contribution is 7.45. The molecule has 0 aliphatic rings. The lowest BCUT2D eigenvalue weighted by Crippen LogP contribution is -2.46. The molecule has 0 radical (unpaired) electrons. The second kappa shape index (κ2) is 5.83. The van der Waals surface area contributed by atoms with Gasteiger partial charge in [-0.15, -0.1) is 0 Å². The predicted molar refractivity (Wildman–Crippen MR) is 56.5 cm³/mol. The van der Waals surface area contributed by atoms with Crippen LogP contribution in [-0.4, -0.2) is 20.2 Å². The van der Waals surface area contributed by atoms with Crippen molar-refractivity contribution in [1.29, 1.82) is 0 Å². The van der Waals surface area contributed by atoms with E-state index in [4.69, 9.17) is 25.0 Å². The standard InChI is InChI=1S/C8H19N.H3O4P/c1-6(2)8(5,9)7(3)4;1-5(2,3)4/h6-7H,9H2,1-5H3;(H3,1,2,3,4). The molecule has 0 aromatic carbocycles. The number of nitrogens with two attached hydrogens (primary N) is 1. The van der Waals surface area contributed by atoms with Crippen LogP contribution in [0.1, 0.15) is 34.6 Å². The van der Waals surface area contributed by atoms with Crippen LogP contribution in [-0.2, 0) is 4.57 Å². The summed E-state index contributed by atoms with van der Waals surface area (Å²) in [5.41, 5.74) is 6.00. The van der Waals surface area contributed by atoms with E-state index in [1.165, 1.54) is 0 Å². The van der Waals surface area contributed by atoms with Crippen molar-refractivity contribution in [3.8, 4) is 0 Å². The smallest absolute Gasteiger partial charge is 0.325 e. The van der Waals surface area contributed by atoms with Gasteiger partial charge in [-0.25, -0.2) is 4.57 Å². The molecule has 5 nitrogen and oxygen atoms in total. The van der Waals surface area contributed by atoms with E-state index in [9.17, 15) is 0 Å². The molecule has 14 heavy (non-hydrogen) atoms. The van der Waals surface area contributed by atoms with Crippen LogP contribution >= 0.6 is 7.82 Å². The second-order valence-corrected chi connectivity index (χ2v) is 5.22. The zero-order valence-corrected chi connectivity index (χ0v) is 10.3. The van der Waals surface area contributed by atoms with Crippen LogP contribution in [0.2, 0.25) is 0 Å². The summed E-state index contributed by atoms with van der Waals surface area (Å²) >= 11 is 0. The Morgan fingerprint density at radius 3 is 1.21 bits per heavy atom. The van der Waals surface area contributed by atoms with Crippen molar-refractivity contribution in [3.63, 3.8) is 0 Å². The molecule has 0 rings (SSSR count). The molecule has 0 saturated heterocycles. The zero-order valence-electron chi connectivity index (χ0n) is 9.43. The molecule has 0 bridgehead atoms. The van der Waals surface area contributed by atoms with Crippen LogP contribution in [0.3, 0.4) is 0 Å². The van der Waals surface area contributed by atoms with E-state index in [-0.39, 0.29) is 5.54 Å². The first-order valence-electron chi connectivity index (χ1n) is 4.46. The number of phosphoric acid groups is 1. The maximum atomic E-state index is 8.88. The maximum Gasteiger partial charge on any atom is 0.466 e. The molecule has 5 N–H and O–H groups in total. The van der Waals surface area contributed by atoms with Gasteiger partial charge in [0.05, 0.1) is 0 Å². The fourth-order valence-electron chi connectivity index (χ4n) is 0.667. The second-order valence-electron chi connectivity index (χ2n) is 4.19. The highest BCUT2D eigenvalue weighted by Crippen LogP contribution is 2.25. The Bertz CT molecular complexity index is 179. The Morgan fingerprint density at radius 1 is 1.07 bits per heavy atom. The summed E-state index contributed by atoms with van der Waals surface area (Å²) in [6.07, 6.45) is 0. The van der Waals surface area contributed by atoms with Crippen LogP contribution in [0, 0.1) is 11.8 Å². The SMILES string of the molecule is CC(C)C(C)(N)C(C)C.O=P(O)(O)O. The predicted octanol–water partition coefficient (Wildman–Crippen LogP) is 1.09. The van der Waals surface area contributed by atoms with Crippen molar-refractivity contribution in [1.82, 2.24) is 0 Å². The number of rotatable bonds is 2. The van der Waals surface area contributed by atoms with Crippen LogP contribution in [0.25, 0.3) is 0 Å². The molecular weight excluding hydrogens is 205 g/mol. The van der Waals surface area contributed by atoms with Crippen LogP contribution < -0.4 is 5.73 Å². The molecule has 0 heterocycles. The quantitative estimate of drug-likeness (QED) is 0.528. The molecule has 0 unspecified atom stereocenters. The molecule has 88 valence electrons. The number of hydrogen-bond donors (Lipinski definition) is 4. The Hall–Kier alpha value is 0.0700. The van der Waals surface area contributed by atoms with Crippen molar-refractivity contribution >= 4 is 7.82 Å². The van der Waals surface area contributed by atoms with Crippen LogP contribution in [0.4, 0.5) is 0 Å². The maximum absolute atomic E-state index is 8.88. The van der Waals surface area contributed by atoms with Gasteiger partial charge in [0.1, 0.15) is 0 Å². The summed E-state index contributed by atoms with van der Waals surface area (Å²) in [7, 11) is -4.64. The van der Waals surface area contributed by atoms with Crippen molar-refractivity contribution in [2.45, 2.75) is 40.2 Å². The summed E-state index contributed by atoms with van der Waals surface area (Å²) in [4.78, 5) is 21.6. The van der Waals surface area contributed by atoms with E-state index in [0.717, 1.165) is 0 Å². The lowest BCUT2D eigenvalue weighted by molar-refractivity contribution is 0.250. The van der Waals surface area contributed by atoms with E-state index >= 15 is 0 Å². The summed E-state index contributed by atoms with van der Waals surface area (Å²) in [6, 6.07) is 0. The largest absolute Gasteiger partial charge is 0.466 e. The molecule has 6 heteroatoms. The Kier molecular flexibility index (Phi) is 6.87. The highest BCUT2D eigenvalue weighted by atomic mass is 31.2. The minimum Gasteiger partial charge on any atom is -0.325 e. The molecule has 0 aromatic heterocycles. The summed E-state index contributed by atoms with van der Waals surface area (Å²) in [6.45, 7) is 10.8. The molecule has 0 aliphatic carbocycles. The van der Waals surface area contributed by atoms with Gasteiger partial charge in [0.25, 0.3) is 0 Å². The van der Waals surface area contributed by atoms with Gasteiger partial charge in [0.15, 0.2) is 0 Å². The third kappa shape index (κ3) is 10.2. The fourth-order valence-corrected chi connectivity index (χ4v) is 0.667. The minimum absolute atomic E-state index is 0.000000000000000222. The molecule has 0 atom stereocenters. The van der Waals surface area contributed by atoms with E-state index in [1.807, 2.05) is 0 Å². The monoisotopic (exact) mass is 227 g/mol. The van der Waals surface area contributed by atoms with E-state index < -0.39 is 7.82 Å². The average molecular weight is 227 g/mol. The first-order chi connectivity index (χ1) is 5.89. The van der Waals surface area contributed by atoms with E-state index in [0.29, 0.717) is 11.8 Å². The van der Waals surface area contributed by atoms with Crippen LogP contribution in [0.15, 0.2) is 0 Å². The third-order valence-corrected chi connectivity index (χ3v) is 2.49. The van der Waals surface area contributed by atoms with Gasteiger partial charge in [-0.1, -0.05) is 27.7 Å². The highest BCUT2D eigenvalue weighted by Gasteiger charge is 2.26. The van der Waals surface area contributed by atoms with Crippen molar-refractivity contribution < 1.29 is 19.2 Å². The molecule has 0 amide bonds. The first-order valence-corrected chi connectivity index (χ1v) is 6.02. The molecule has 0 spiro atoms. The topological polar surface area (TPSA) is 104 Å². The Labute approximate surface area is 85.6 Å². The Balaban J connectivity index is 0. The van der Waals surface area contributed by atoms with Gasteiger partial charge in [0, 0.05) is 5.54 Å². The van der Waals surface area contributed by atoms with E-state index in [2.05, 4.69) is 34.6 Å². The fraction of sp³-hybridized carbons (Fsp3) is 1.00. The first kappa shape index (κ1) is 16.5. The van der Waals surface area contributed by atoms with Gasteiger partial charge in [0.2, 0.25) is 0 Å². The zero-order chi connectivity index (χ0) is 12.2. The van der Waals surface area contributed by atoms with Crippen molar-refractivity contribution in [3.05, 3.63) is 0 Å². The normalized spacial score (nSPS) is 12.8. The van der Waals surface area contributed by atoms with Gasteiger partial charge in [-0.3, -0.25) is 0 Å². The molecular formula is C8H22NO4P. The van der Waals surface area contributed by atoms with Crippen molar-refractivity contribution in [2.24, 2.45) is 17.6 Å². The van der Waals surface area contributed by atoms with E-state index in [1.54, 1.807) is 0 Å². The average Bonchev–Trinajstić information content (AvgIpc) is 1.82. The van der Waals surface area contributed by atoms with Crippen LogP contribution in [0.5, 0.6) is 0 Å². The van der Waals surface area contributed by atoms with Gasteiger partial charge >= 0.3 is 7.82 Å². The van der Waals surface area contributed by atoms with Crippen molar-refractivity contribution in [2.75, 3.05) is 0 Å². The lowest BCUT2D eigenvalue weighted by Gasteiger charge is -2.33. The summed E-state index contributed by atoms with van der Waals surface area (Å²) in [5, 5.41) is 0. The summed E-state index contributed by atoms with van der Waals surface area (Å²) < 4.78 is 8.88. The molecule has 0 aromatic rings. The van der Waals surface area contributed by atoms with Gasteiger partial charge in [-0.2, -0.15) is 0 Å². The molecule has 0 saturated carbocycles. The molecule has 0 aliphatic heterocycles. The Morgan fingerprint density at radius 2 is 1.21 bits per heavy atom. The third-order valence-electron chi connectivity index (χ3n) is 2.49.